The van der Waals surface area contributed by atoms with Crippen LogP contribution in [0.25, 0.3) is 0 Å². The van der Waals surface area contributed by atoms with Gasteiger partial charge < -0.3 is 20.9 Å². The summed E-state index contributed by atoms with van der Waals surface area (Å²) in [6, 6.07) is 7.44. The molecule has 0 heterocycles. The zero-order valence-corrected chi connectivity index (χ0v) is 9.83. The van der Waals surface area contributed by atoms with Crippen molar-refractivity contribution < 1.29 is 19.4 Å². The number of nitrogens with two attached hydrogens (primary N) is 1. The Bertz CT molecular complexity index is 394. The molecule has 1 rings (SSSR count). The fourth-order valence-corrected chi connectivity index (χ4v) is 1.35. The fourth-order valence-electron chi connectivity index (χ4n) is 1.35. The van der Waals surface area contributed by atoms with Gasteiger partial charge in [0.2, 0.25) is 0 Å². The quantitative estimate of drug-likeness (QED) is 0.700. The highest BCUT2D eigenvalue weighted by Crippen LogP contribution is 2.08. The molecule has 0 spiro atoms. The standard InChI is InChI=1S/C12H16N2O4/c13-8-4-7-10(11(15)16)14-12(17)18-9-5-2-1-3-6-9/h1-3,5-6,10H,4,7-8,13H2,(H,14,17)(H,15,16)/t10-/m0/s1. The molecule has 1 aromatic rings. The third-order valence-corrected chi connectivity index (χ3v) is 2.24. The van der Waals surface area contributed by atoms with Gasteiger partial charge in [0.25, 0.3) is 0 Å². The Labute approximate surface area is 105 Å². The normalized spacial score (nSPS) is 11.6. The summed E-state index contributed by atoms with van der Waals surface area (Å²) in [6.45, 7) is 0.374. The number of carboxylic acid groups (broad SMARTS) is 1. The van der Waals surface area contributed by atoms with Gasteiger partial charge in [-0.3, -0.25) is 0 Å². The van der Waals surface area contributed by atoms with Crippen LogP contribution in [0.2, 0.25) is 0 Å². The number of ether oxygens (including phenoxy) is 1. The minimum atomic E-state index is -1.10. The van der Waals surface area contributed by atoms with Crippen molar-refractivity contribution in [2.24, 2.45) is 5.73 Å². The molecule has 4 N–H and O–H groups in total. The fraction of sp³-hybridized carbons (Fsp3) is 0.333. The number of carbonyl (C=O) groups excluding carboxylic acids is 1. The zero-order valence-electron chi connectivity index (χ0n) is 9.83. The van der Waals surface area contributed by atoms with Gasteiger partial charge in [0.15, 0.2) is 0 Å². The molecule has 0 aliphatic carbocycles. The number of amides is 1. The number of para-hydroxylation sites is 1. The first kappa shape index (κ1) is 14.0. The van der Waals surface area contributed by atoms with Gasteiger partial charge >= 0.3 is 12.1 Å². The minimum absolute atomic E-state index is 0.274. The Balaban J connectivity index is 2.48. The van der Waals surface area contributed by atoms with E-state index in [0.717, 1.165) is 0 Å². The molecule has 1 aromatic carbocycles. The number of hydrogen-bond acceptors (Lipinski definition) is 4. The van der Waals surface area contributed by atoms with Gasteiger partial charge in [0.05, 0.1) is 0 Å². The summed E-state index contributed by atoms with van der Waals surface area (Å²) in [5, 5.41) is 11.2. The summed E-state index contributed by atoms with van der Waals surface area (Å²) in [4.78, 5) is 22.3. The Kier molecular flexibility index (Phi) is 5.66. The van der Waals surface area contributed by atoms with Crippen molar-refractivity contribution in [3.63, 3.8) is 0 Å². The Morgan fingerprint density at radius 3 is 2.56 bits per heavy atom. The lowest BCUT2D eigenvalue weighted by Gasteiger charge is -2.13. The van der Waals surface area contributed by atoms with E-state index < -0.39 is 18.1 Å². The van der Waals surface area contributed by atoms with Crippen molar-refractivity contribution in [3.05, 3.63) is 30.3 Å². The summed E-state index contributed by atoms with van der Waals surface area (Å²) in [6.07, 6.45) is 0.00353. The van der Waals surface area contributed by atoms with Gasteiger partial charge in [0, 0.05) is 0 Å². The largest absolute Gasteiger partial charge is 0.480 e. The van der Waals surface area contributed by atoms with E-state index in [2.05, 4.69) is 5.32 Å². The highest BCUT2D eigenvalue weighted by molar-refractivity contribution is 5.80. The number of hydrogen-bond donors (Lipinski definition) is 3. The molecule has 0 unspecified atom stereocenters. The smallest absolute Gasteiger partial charge is 0.413 e. The van der Waals surface area contributed by atoms with Crippen molar-refractivity contribution in [3.8, 4) is 5.75 Å². The van der Waals surface area contributed by atoms with Gasteiger partial charge in [-0.25, -0.2) is 9.59 Å². The first-order valence-electron chi connectivity index (χ1n) is 5.59. The van der Waals surface area contributed by atoms with E-state index in [-0.39, 0.29) is 6.42 Å². The van der Waals surface area contributed by atoms with Gasteiger partial charge in [-0.15, -0.1) is 0 Å². The van der Waals surface area contributed by atoms with Crippen LogP contribution in [0.3, 0.4) is 0 Å². The van der Waals surface area contributed by atoms with E-state index in [0.29, 0.717) is 18.7 Å². The van der Waals surface area contributed by atoms with E-state index >= 15 is 0 Å². The van der Waals surface area contributed by atoms with E-state index in [1.165, 1.54) is 0 Å². The Morgan fingerprint density at radius 1 is 1.33 bits per heavy atom. The lowest BCUT2D eigenvalue weighted by Crippen LogP contribution is -2.42. The molecule has 1 atom stereocenters. The molecule has 6 heteroatoms. The molecule has 6 nitrogen and oxygen atoms in total. The van der Waals surface area contributed by atoms with Crippen LogP contribution in [0.4, 0.5) is 4.79 Å². The molecule has 0 saturated carbocycles. The monoisotopic (exact) mass is 252 g/mol. The van der Waals surface area contributed by atoms with Crippen molar-refractivity contribution >= 4 is 12.1 Å². The average molecular weight is 252 g/mol. The second-order valence-electron chi connectivity index (χ2n) is 3.67. The first-order chi connectivity index (χ1) is 8.63. The van der Waals surface area contributed by atoms with E-state index in [1.807, 2.05) is 0 Å². The van der Waals surface area contributed by atoms with E-state index in [9.17, 15) is 9.59 Å². The maximum atomic E-state index is 11.5. The van der Waals surface area contributed by atoms with Crippen LogP contribution < -0.4 is 15.8 Å². The SMILES string of the molecule is NCCC[C@H](NC(=O)Oc1ccccc1)C(=O)O. The molecule has 0 aliphatic heterocycles. The van der Waals surface area contributed by atoms with Crippen molar-refractivity contribution in [2.75, 3.05) is 6.54 Å². The minimum Gasteiger partial charge on any atom is -0.480 e. The molecule has 1 amide bonds. The predicted octanol–water partition coefficient (Wildman–Crippen LogP) is 0.967. The third-order valence-electron chi connectivity index (χ3n) is 2.24. The van der Waals surface area contributed by atoms with Crippen LogP contribution >= 0.6 is 0 Å². The summed E-state index contributed by atoms with van der Waals surface area (Å²) >= 11 is 0. The van der Waals surface area contributed by atoms with Crippen LogP contribution in [-0.4, -0.2) is 29.8 Å². The Morgan fingerprint density at radius 2 is 2.00 bits per heavy atom. The van der Waals surface area contributed by atoms with Gasteiger partial charge in [-0.2, -0.15) is 0 Å². The van der Waals surface area contributed by atoms with Gasteiger partial charge in [0.1, 0.15) is 11.8 Å². The van der Waals surface area contributed by atoms with Crippen LogP contribution in [0.15, 0.2) is 30.3 Å². The maximum Gasteiger partial charge on any atom is 0.413 e. The second kappa shape index (κ2) is 7.29. The van der Waals surface area contributed by atoms with E-state index in [4.69, 9.17) is 15.6 Å². The topological polar surface area (TPSA) is 102 Å². The summed E-state index contributed by atoms with van der Waals surface area (Å²) in [5.41, 5.74) is 5.29. The average Bonchev–Trinajstić information content (AvgIpc) is 2.35. The summed E-state index contributed by atoms with van der Waals surface area (Å²) in [5.74, 6) is -0.744. The highest BCUT2D eigenvalue weighted by Gasteiger charge is 2.20. The molecule has 0 fully saturated rings. The summed E-state index contributed by atoms with van der Waals surface area (Å²) < 4.78 is 4.93. The van der Waals surface area contributed by atoms with Crippen LogP contribution in [0.5, 0.6) is 5.75 Å². The molecule has 0 aromatic heterocycles. The molecule has 0 saturated heterocycles. The predicted molar refractivity (Wildman–Crippen MR) is 65.3 cm³/mol. The third kappa shape index (κ3) is 4.84. The van der Waals surface area contributed by atoms with Gasteiger partial charge in [-0.05, 0) is 31.5 Å². The number of carbonyl (C=O) groups is 2. The van der Waals surface area contributed by atoms with Crippen LogP contribution in [0, 0.1) is 0 Å². The lowest BCUT2D eigenvalue weighted by atomic mass is 10.1. The number of aliphatic carboxylic acids is 1. The number of benzene rings is 1. The van der Waals surface area contributed by atoms with Gasteiger partial charge in [-0.1, -0.05) is 18.2 Å². The van der Waals surface area contributed by atoms with Crippen molar-refractivity contribution in [1.29, 1.82) is 0 Å². The Hall–Kier alpha value is -2.08. The number of nitrogens with one attached hydrogen (secondary N) is 1. The summed E-state index contributed by atoms with van der Waals surface area (Å²) in [7, 11) is 0. The molecular formula is C12H16N2O4. The van der Waals surface area contributed by atoms with Crippen molar-refractivity contribution in [2.45, 2.75) is 18.9 Å². The maximum absolute atomic E-state index is 11.5. The molecule has 98 valence electrons. The van der Waals surface area contributed by atoms with Crippen molar-refractivity contribution in [1.82, 2.24) is 5.32 Å². The van der Waals surface area contributed by atoms with E-state index in [1.54, 1.807) is 30.3 Å². The molecule has 18 heavy (non-hydrogen) atoms. The van der Waals surface area contributed by atoms with Crippen LogP contribution in [-0.2, 0) is 4.79 Å². The molecule has 0 bridgehead atoms. The number of carboxylic acids is 1. The molecular weight excluding hydrogens is 236 g/mol. The first-order valence-corrected chi connectivity index (χ1v) is 5.59. The second-order valence-corrected chi connectivity index (χ2v) is 3.67. The van der Waals surface area contributed by atoms with Crippen LogP contribution in [0.1, 0.15) is 12.8 Å². The number of rotatable bonds is 6. The highest BCUT2D eigenvalue weighted by atomic mass is 16.6. The lowest BCUT2D eigenvalue weighted by molar-refractivity contribution is -0.139. The zero-order chi connectivity index (χ0) is 13.4. The molecule has 0 radical (unpaired) electrons. The molecule has 0 aliphatic rings.